The second kappa shape index (κ2) is 5.89. The molecule has 0 unspecified atom stereocenters. The third-order valence-electron chi connectivity index (χ3n) is 5.02. The highest BCUT2D eigenvalue weighted by atomic mass is 15.0. The summed E-state index contributed by atoms with van der Waals surface area (Å²) >= 11 is 0. The van der Waals surface area contributed by atoms with Crippen LogP contribution >= 0.6 is 0 Å². The summed E-state index contributed by atoms with van der Waals surface area (Å²) in [6.07, 6.45) is 5.23. The highest BCUT2D eigenvalue weighted by molar-refractivity contribution is 5.44. The summed E-state index contributed by atoms with van der Waals surface area (Å²) in [5.41, 5.74) is 7.85. The lowest BCUT2D eigenvalue weighted by Gasteiger charge is -2.26. The van der Waals surface area contributed by atoms with Gasteiger partial charge in [0, 0.05) is 12.6 Å². The molecule has 1 heteroatoms. The van der Waals surface area contributed by atoms with E-state index in [4.69, 9.17) is 0 Å². The molecule has 2 rings (SSSR count). The maximum Gasteiger partial charge on any atom is 0.00684 e. The second-order valence-electron chi connectivity index (χ2n) is 7.56. The van der Waals surface area contributed by atoms with Gasteiger partial charge in [0.15, 0.2) is 0 Å². The number of hydrogen-bond acceptors (Lipinski definition) is 1. The van der Waals surface area contributed by atoms with Crippen LogP contribution in [0.2, 0.25) is 0 Å². The predicted molar refractivity (Wildman–Crippen MR) is 88.5 cm³/mol. The fraction of sp³-hybridized carbons (Fsp3) is 0.684. The molecule has 0 radical (unpaired) electrons. The van der Waals surface area contributed by atoms with Crippen LogP contribution in [0.3, 0.4) is 0 Å². The number of benzene rings is 1. The number of hydrogen-bond donors (Lipinski definition) is 1. The highest BCUT2D eigenvalue weighted by Crippen LogP contribution is 2.29. The minimum absolute atomic E-state index is 0.388. The van der Waals surface area contributed by atoms with Crippen LogP contribution in [-0.2, 0) is 6.42 Å². The van der Waals surface area contributed by atoms with E-state index in [2.05, 4.69) is 52.9 Å². The molecule has 20 heavy (non-hydrogen) atoms. The van der Waals surface area contributed by atoms with Crippen molar-refractivity contribution in [1.29, 1.82) is 0 Å². The molecule has 1 nitrogen and oxygen atoms in total. The monoisotopic (exact) mass is 273 g/mol. The van der Waals surface area contributed by atoms with Crippen molar-refractivity contribution in [2.24, 2.45) is 5.41 Å². The van der Waals surface area contributed by atoms with E-state index in [9.17, 15) is 0 Å². The molecule has 1 N–H and O–H groups in total. The summed E-state index contributed by atoms with van der Waals surface area (Å²) in [6, 6.07) is 3.15. The minimum atomic E-state index is 0.388. The highest BCUT2D eigenvalue weighted by Gasteiger charge is 2.25. The zero-order valence-corrected chi connectivity index (χ0v) is 14.2. The maximum absolute atomic E-state index is 3.69. The molecular formula is C19H31N. The van der Waals surface area contributed by atoms with Gasteiger partial charge in [0.2, 0.25) is 0 Å². The molecule has 1 aliphatic rings. The van der Waals surface area contributed by atoms with E-state index in [1.54, 1.807) is 5.56 Å². The third-order valence-corrected chi connectivity index (χ3v) is 5.02. The summed E-state index contributed by atoms with van der Waals surface area (Å²) in [6.45, 7) is 15.0. The Morgan fingerprint density at radius 3 is 2.10 bits per heavy atom. The lowest BCUT2D eigenvalue weighted by Crippen LogP contribution is -2.31. The Morgan fingerprint density at radius 1 is 1.05 bits per heavy atom. The van der Waals surface area contributed by atoms with Crippen LogP contribution in [0.15, 0.2) is 6.07 Å². The summed E-state index contributed by atoms with van der Waals surface area (Å²) in [4.78, 5) is 0. The minimum Gasteiger partial charge on any atom is -0.313 e. The van der Waals surface area contributed by atoms with Gasteiger partial charge in [0.05, 0.1) is 0 Å². The molecule has 0 aromatic heterocycles. The molecule has 1 aliphatic carbocycles. The molecule has 1 saturated carbocycles. The second-order valence-corrected chi connectivity index (χ2v) is 7.56. The van der Waals surface area contributed by atoms with Crippen molar-refractivity contribution >= 4 is 0 Å². The molecule has 112 valence electrons. The zero-order chi connectivity index (χ0) is 14.9. The number of nitrogens with one attached hydrogen (secondary N) is 1. The van der Waals surface area contributed by atoms with Crippen LogP contribution in [0, 0.1) is 33.1 Å². The smallest absolute Gasteiger partial charge is 0.00684 e. The van der Waals surface area contributed by atoms with Crippen molar-refractivity contribution in [1.82, 2.24) is 5.32 Å². The van der Waals surface area contributed by atoms with Crippen LogP contribution in [0.25, 0.3) is 0 Å². The molecule has 1 aromatic carbocycles. The topological polar surface area (TPSA) is 12.0 Å². The molecule has 0 spiro atoms. The van der Waals surface area contributed by atoms with Gasteiger partial charge in [-0.05, 0) is 86.6 Å². The van der Waals surface area contributed by atoms with Crippen molar-refractivity contribution < 1.29 is 0 Å². The van der Waals surface area contributed by atoms with Gasteiger partial charge in [-0.1, -0.05) is 19.9 Å². The summed E-state index contributed by atoms with van der Waals surface area (Å²) < 4.78 is 0. The lowest BCUT2D eigenvalue weighted by atomic mass is 9.83. The number of aryl methyl sites for hydroxylation is 2. The van der Waals surface area contributed by atoms with Crippen LogP contribution < -0.4 is 5.32 Å². The van der Waals surface area contributed by atoms with Gasteiger partial charge in [-0.15, -0.1) is 0 Å². The van der Waals surface area contributed by atoms with Crippen molar-refractivity contribution in [3.8, 4) is 0 Å². The van der Waals surface area contributed by atoms with E-state index in [1.165, 1.54) is 47.9 Å². The fourth-order valence-corrected chi connectivity index (χ4v) is 2.93. The van der Waals surface area contributed by atoms with Crippen molar-refractivity contribution in [2.45, 2.75) is 73.3 Å². The Hall–Kier alpha value is -0.820. The molecule has 0 heterocycles. The zero-order valence-electron chi connectivity index (χ0n) is 14.2. The molecule has 0 atom stereocenters. The average molecular weight is 273 g/mol. The molecular weight excluding hydrogens is 242 g/mol. The van der Waals surface area contributed by atoms with Crippen molar-refractivity contribution in [2.75, 3.05) is 6.54 Å². The molecule has 0 amide bonds. The van der Waals surface area contributed by atoms with Crippen molar-refractivity contribution in [3.63, 3.8) is 0 Å². The van der Waals surface area contributed by atoms with Crippen LogP contribution in [-0.4, -0.2) is 12.6 Å². The van der Waals surface area contributed by atoms with E-state index in [1.807, 2.05) is 0 Å². The van der Waals surface area contributed by atoms with Gasteiger partial charge < -0.3 is 5.32 Å². The van der Waals surface area contributed by atoms with E-state index >= 15 is 0 Å². The van der Waals surface area contributed by atoms with Crippen LogP contribution in [0.4, 0.5) is 0 Å². The first kappa shape index (κ1) is 15.6. The largest absolute Gasteiger partial charge is 0.313 e. The van der Waals surface area contributed by atoms with Gasteiger partial charge >= 0.3 is 0 Å². The molecule has 0 saturated heterocycles. The van der Waals surface area contributed by atoms with Gasteiger partial charge in [0.25, 0.3) is 0 Å². The first-order valence-corrected chi connectivity index (χ1v) is 8.10. The summed E-state index contributed by atoms with van der Waals surface area (Å²) in [7, 11) is 0. The summed E-state index contributed by atoms with van der Waals surface area (Å²) in [5.74, 6) is 0. The number of rotatable bonds is 6. The first-order valence-electron chi connectivity index (χ1n) is 8.10. The van der Waals surface area contributed by atoms with Crippen LogP contribution in [0.1, 0.15) is 60.9 Å². The van der Waals surface area contributed by atoms with Gasteiger partial charge in [-0.3, -0.25) is 0 Å². The molecule has 0 aliphatic heterocycles. The quantitative estimate of drug-likeness (QED) is 0.796. The van der Waals surface area contributed by atoms with Crippen molar-refractivity contribution in [3.05, 3.63) is 33.9 Å². The fourth-order valence-electron chi connectivity index (χ4n) is 2.93. The Bertz CT molecular complexity index is 455. The maximum atomic E-state index is 3.69. The van der Waals surface area contributed by atoms with Gasteiger partial charge in [-0.25, -0.2) is 0 Å². The van der Waals surface area contributed by atoms with E-state index in [-0.39, 0.29) is 0 Å². The van der Waals surface area contributed by atoms with E-state index in [0.717, 1.165) is 12.6 Å². The Labute approximate surface area is 125 Å². The first-order chi connectivity index (χ1) is 9.30. The standard InChI is InChI=1S/C19H31N/c1-13-11-14(2)16(4)18(15(13)3)9-10-19(5,6)12-20-17-7-8-17/h11,17,20H,7-10,12H2,1-6H3. The van der Waals surface area contributed by atoms with Crippen LogP contribution in [0.5, 0.6) is 0 Å². The lowest BCUT2D eigenvalue weighted by molar-refractivity contribution is 0.313. The SMILES string of the molecule is Cc1cc(C)c(C)c(CCC(C)(C)CNC2CC2)c1C. The van der Waals surface area contributed by atoms with Gasteiger partial charge in [-0.2, -0.15) is 0 Å². The Morgan fingerprint density at radius 2 is 1.60 bits per heavy atom. The Balaban J connectivity index is 2.02. The van der Waals surface area contributed by atoms with Gasteiger partial charge in [0.1, 0.15) is 0 Å². The predicted octanol–water partition coefficient (Wildman–Crippen LogP) is 4.63. The third kappa shape index (κ3) is 3.85. The Kier molecular flexibility index (Phi) is 4.59. The van der Waals surface area contributed by atoms with E-state index < -0.39 is 0 Å². The van der Waals surface area contributed by atoms with E-state index in [0.29, 0.717) is 5.41 Å². The molecule has 1 aromatic rings. The normalized spacial score (nSPS) is 15.7. The average Bonchev–Trinajstić information content (AvgIpc) is 3.18. The molecule has 0 bridgehead atoms. The summed E-state index contributed by atoms with van der Waals surface area (Å²) in [5, 5.41) is 3.69. The molecule has 1 fully saturated rings.